The van der Waals surface area contributed by atoms with Crippen LogP contribution in [-0.4, -0.2) is 10.1 Å². The number of aromatic nitrogens is 2. The largest absolute Gasteiger partial charge is 0.338 e. The zero-order chi connectivity index (χ0) is 14.2. The highest BCUT2D eigenvalue weighted by Gasteiger charge is 2.38. The highest BCUT2D eigenvalue weighted by Crippen LogP contribution is 2.37. The zero-order valence-corrected chi connectivity index (χ0v) is 14.2. The van der Waals surface area contributed by atoms with Gasteiger partial charge in [-0.2, -0.15) is 4.98 Å². The van der Waals surface area contributed by atoms with Crippen molar-refractivity contribution < 1.29 is 4.52 Å². The summed E-state index contributed by atoms with van der Waals surface area (Å²) in [7, 11) is 0. The Morgan fingerprint density at radius 1 is 1.33 bits per heavy atom. The highest BCUT2D eigenvalue weighted by atomic mass is 35.5. The number of nitrogens with two attached hydrogens (primary N) is 1. The van der Waals surface area contributed by atoms with Crippen molar-refractivity contribution >= 4 is 47.4 Å². The SMILES string of the molecule is Cl.NC1(c2noc(CSc3cc(Cl)ccc3Cl)n2)CCC1. The van der Waals surface area contributed by atoms with Gasteiger partial charge in [0.15, 0.2) is 5.82 Å². The second-order valence-electron chi connectivity index (χ2n) is 4.88. The molecule has 0 saturated heterocycles. The molecule has 1 aromatic carbocycles. The fraction of sp³-hybridized carbons (Fsp3) is 0.385. The van der Waals surface area contributed by atoms with Crippen LogP contribution in [0.25, 0.3) is 0 Å². The summed E-state index contributed by atoms with van der Waals surface area (Å²) in [6, 6.07) is 5.35. The lowest BCUT2D eigenvalue weighted by Crippen LogP contribution is -2.44. The third-order valence-corrected chi connectivity index (χ3v) is 5.12. The molecule has 0 amide bonds. The fourth-order valence-electron chi connectivity index (χ4n) is 2.02. The zero-order valence-electron chi connectivity index (χ0n) is 11.0. The molecule has 2 N–H and O–H groups in total. The lowest BCUT2D eigenvalue weighted by molar-refractivity contribution is 0.229. The van der Waals surface area contributed by atoms with Gasteiger partial charge in [0.05, 0.1) is 16.3 Å². The lowest BCUT2D eigenvalue weighted by atomic mass is 9.77. The van der Waals surface area contributed by atoms with Crippen molar-refractivity contribution in [1.82, 2.24) is 10.1 Å². The summed E-state index contributed by atoms with van der Waals surface area (Å²) in [5.41, 5.74) is 5.77. The molecular weight excluding hydrogens is 353 g/mol. The Labute approximate surface area is 143 Å². The quantitative estimate of drug-likeness (QED) is 0.811. The van der Waals surface area contributed by atoms with Crippen molar-refractivity contribution in [2.75, 3.05) is 0 Å². The number of thioether (sulfide) groups is 1. The second kappa shape index (κ2) is 6.75. The Morgan fingerprint density at radius 2 is 2.10 bits per heavy atom. The molecule has 0 spiro atoms. The van der Waals surface area contributed by atoms with Gasteiger partial charge in [0.1, 0.15) is 0 Å². The highest BCUT2D eigenvalue weighted by molar-refractivity contribution is 7.98. The van der Waals surface area contributed by atoms with Gasteiger partial charge in [0.25, 0.3) is 0 Å². The lowest BCUT2D eigenvalue weighted by Gasteiger charge is -2.34. The molecule has 114 valence electrons. The first-order valence-electron chi connectivity index (χ1n) is 6.27. The smallest absolute Gasteiger partial charge is 0.237 e. The molecule has 1 heterocycles. The van der Waals surface area contributed by atoms with Gasteiger partial charge in [0, 0.05) is 9.92 Å². The predicted octanol–water partition coefficient (Wildman–Crippen LogP) is 4.43. The van der Waals surface area contributed by atoms with E-state index < -0.39 is 0 Å². The normalized spacial score (nSPS) is 16.1. The minimum Gasteiger partial charge on any atom is -0.338 e. The third-order valence-electron chi connectivity index (χ3n) is 3.40. The molecular formula is C13H14Cl3N3OS. The number of hydrogen-bond acceptors (Lipinski definition) is 5. The van der Waals surface area contributed by atoms with E-state index in [9.17, 15) is 0 Å². The second-order valence-corrected chi connectivity index (χ2v) is 6.75. The van der Waals surface area contributed by atoms with Gasteiger partial charge in [-0.25, -0.2) is 0 Å². The van der Waals surface area contributed by atoms with Crippen LogP contribution in [-0.2, 0) is 11.3 Å². The van der Waals surface area contributed by atoms with Crippen LogP contribution in [0.15, 0.2) is 27.6 Å². The van der Waals surface area contributed by atoms with Crippen LogP contribution in [0.3, 0.4) is 0 Å². The van der Waals surface area contributed by atoms with E-state index in [0.29, 0.717) is 27.5 Å². The molecule has 1 aliphatic carbocycles. The van der Waals surface area contributed by atoms with E-state index in [1.165, 1.54) is 11.8 Å². The molecule has 1 saturated carbocycles. The first-order chi connectivity index (χ1) is 9.57. The predicted molar refractivity (Wildman–Crippen MR) is 87.3 cm³/mol. The van der Waals surface area contributed by atoms with Crippen molar-refractivity contribution in [3.63, 3.8) is 0 Å². The first-order valence-corrected chi connectivity index (χ1v) is 8.01. The molecule has 0 aliphatic heterocycles. The van der Waals surface area contributed by atoms with Gasteiger partial charge in [-0.05, 0) is 37.5 Å². The Hall–Kier alpha value is -0.460. The molecule has 3 rings (SSSR count). The summed E-state index contributed by atoms with van der Waals surface area (Å²) in [5, 5.41) is 5.29. The van der Waals surface area contributed by atoms with Gasteiger partial charge in [-0.1, -0.05) is 28.4 Å². The number of halogens is 3. The van der Waals surface area contributed by atoms with Crippen LogP contribution in [0.2, 0.25) is 10.0 Å². The number of rotatable bonds is 4. The Morgan fingerprint density at radius 3 is 2.76 bits per heavy atom. The van der Waals surface area contributed by atoms with Gasteiger partial charge < -0.3 is 10.3 Å². The molecule has 0 radical (unpaired) electrons. The Bertz CT molecular complexity index is 631. The van der Waals surface area contributed by atoms with Gasteiger partial charge >= 0.3 is 0 Å². The van der Waals surface area contributed by atoms with Crippen LogP contribution in [0.1, 0.15) is 31.0 Å². The summed E-state index contributed by atoms with van der Waals surface area (Å²) in [6.07, 6.45) is 2.95. The molecule has 0 unspecified atom stereocenters. The molecule has 8 heteroatoms. The van der Waals surface area contributed by atoms with Crippen molar-refractivity contribution in [3.8, 4) is 0 Å². The number of nitrogens with zero attached hydrogens (tertiary/aromatic N) is 2. The van der Waals surface area contributed by atoms with Gasteiger partial charge in [-0.3, -0.25) is 0 Å². The van der Waals surface area contributed by atoms with E-state index in [0.717, 1.165) is 24.2 Å². The van der Waals surface area contributed by atoms with Crippen molar-refractivity contribution in [2.24, 2.45) is 5.73 Å². The summed E-state index contributed by atoms with van der Waals surface area (Å²) < 4.78 is 5.24. The van der Waals surface area contributed by atoms with E-state index in [2.05, 4.69) is 10.1 Å². The first kappa shape index (κ1) is 16.9. The Kier molecular flexibility index (Phi) is 5.43. The fourth-order valence-corrected chi connectivity index (χ4v) is 3.35. The molecule has 1 fully saturated rings. The summed E-state index contributed by atoms with van der Waals surface area (Å²) in [4.78, 5) is 5.27. The molecule has 21 heavy (non-hydrogen) atoms. The van der Waals surface area contributed by atoms with Gasteiger partial charge in [0.2, 0.25) is 5.89 Å². The van der Waals surface area contributed by atoms with E-state index in [4.69, 9.17) is 33.5 Å². The standard InChI is InChI=1S/C13H13Cl2N3OS.ClH/c14-8-2-3-9(15)10(6-8)20-7-11-17-12(18-19-11)13(16)4-1-5-13;/h2-3,6H,1,4-5,7,16H2;1H. The number of hydrogen-bond donors (Lipinski definition) is 1. The third kappa shape index (κ3) is 3.66. The molecule has 4 nitrogen and oxygen atoms in total. The van der Waals surface area contributed by atoms with Crippen molar-refractivity contribution in [1.29, 1.82) is 0 Å². The molecule has 1 aromatic heterocycles. The monoisotopic (exact) mass is 365 g/mol. The molecule has 1 aliphatic rings. The maximum Gasteiger partial charge on any atom is 0.237 e. The average molecular weight is 367 g/mol. The summed E-state index contributed by atoms with van der Waals surface area (Å²) in [5.74, 6) is 1.71. The van der Waals surface area contributed by atoms with Crippen LogP contribution in [0, 0.1) is 0 Å². The molecule has 2 aromatic rings. The van der Waals surface area contributed by atoms with Gasteiger partial charge in [-0.15, -0.1) is 24.2 Å². The maximum absolute atomic E-state index is 6.16. The van der Waals surface area contributed by atoms with Crippen molar-refractivity contribution in [3.05, 3.63) is 40.0 Å². The van der Waals surface area contributed by atoms with E-state index in [1.807, 2.05) is 6.07 Å². The van der Waals surface area contributed by atoms with E-state index >= 15 is 0 Å². The summed E-state index contributed by atoms with van der Waals surface area (Å²) >= 11 is 13.6. The topological polar surface area (TPSA) is 64.9 Å². The van der Waals surface area contributed by atoms with Crippen LogP contribution in [0.5, 0.6) is 0 Å². The number of benzene rings is 1. The van der Waals surface area contributed by atoms with Crippen molar-refractivity contribution in [2.45, 2.75) is 35.4 Å². The van der Waals surface area contributed by atoms with Crippen LogP contribution >= 0.6 is 47.4 Å². The molecule has 0 bridgehead atoms. The van der Waals surface area contributed by atoms with Crippen LogP contribution < -0.4 is 5.73 Å². The Balaban J connectivity index is 0.00000161. The summed E-state index contributed by atoms with van der Waals surface area (Å²) in [6.45, 7) is 0. The van der Waals surface area contributed by atoms with E-state index in [1.54, 1.807) is 12.1 Å². The maximum atomic E-state index is 6.16. The van der Waals surface area contributed by atoms with Crippen LogP contribution in [0.4, 0.5) is 0 Å². The average Bonchev–Trinajstić information content (AvgIpc) is 2.86. The minimum absolute atomic E-state index is 0. The minimum atomic E-state index is -0.389. The molecule has 0 atom stereocenters. The van der Waals surface area contributed by atoms with E-state index in [-0.39, 0.29) is 17.9 Å².